The number of unbranched alkanes of at least 4 members (excludes halogenated alkanes) is 1. The first-order valence-electron chi connectivity index (χ1n) is 5.12. The van der Waals surface area contributed by atoms with E-state index >= 15 is 0 Å². The number of hydrogen-bond donors (Lipinski definition) is 1. The van der Waals surface area contributed by atoms with Crippen molar-refractivity contribution < 1.29 is 4.79 Å². The quantitative estimate of drug-likeness (QED) is 0.817. The van der Waals surface area contributed by atoms with E-state index < -0.39 is 0 Å². The van der Waals surface area contributed by atoms with Crippen LogP contribution in [0.2, 0.25) is 0 Å². The Balaban J connectivity index is 2.68. The average molecular weight is 204 g/mol. The van der Waals surface area contributed by atoms with Crippen LogP contribution in [0.4, 0.5) is 0 Å². The van der Waals surface area contributed by atoms with Gasteiger partial charge in [0.25, 0.3) is 5.91 Å². The van der Waals surface area contributed by atoms with E-state index in [9.17, 15) is 4.79 Å². The van der Waals surface area contributed by atoms with Crippen molar-refractivity contribution in [3.8, 4) is 0 Å². The van der Waals surface area contributed by atoms with Crippen molar-refractivity contribution in [3.63, 3.8) is 0 Å². The van der Waals surface area contributed by atoms with Gasteiger partial charge in [-0.05, 0) is 24.6 Å². The number of amides is 1. The summed E-state index contributed by atoms with van der Waals surface area (Å²) in [6.07, 6.45) is 7.83. The first kappa shape index (κ1) is 11.4. The van der Waals surface area contributed by atoms with Crippen LogP contribution < -0.4 is 5.32 Å². The Labute approximate surface area is 90.2 Å². The summed E-state index contributed by atoms with van der Waals surface area (Å²) >= 11 is 0. The number of rotatable bonds is 4. The number of allylic oxidation sites excluding steroid dienone is 1. The van der Waals surface area contributed by atoms with Crippen LogP contribution in [0.1, 0.15) is 35.8 Å². The molecule has 0 spiro atoms. The van der Waals surface area contributed by atoms with Crippen molar-refractivity contribution in [3.05, 3.63) is 35.7 Å². The Morgan fingerprint density at radius 3 is 2.87 bits per heavy atom. The number of carbonyl (C=O) groups is 1. The minimum absolute atomic E-state index is 0.105. The van der Waals surface area contributed by atoms with E-state index in [2.05, 4.69) is 23.3 Å². The lowest BCUT2D eigenvalue weighted by atomic mass is 10.2. The smallest absolute Gasteiger partial charge is 0.252 e. The molecule has 1 aromatic rings. The highest BCUT2D eigenvalue weighted by atomic mass is 16.1. The van der Waals surface area contributed by atoms with Gasteiger partial charge in [-0.2, -0.15) is 0 Å². The highest BCUT2D eigenvalue weighted by molar-refractivity contribution is 5.93. The van der Waals surface area contributed by atoms with Gasteiger partial charge in [-0.1, -0.05) is 19.4 Å². The molecule has 3 heteroatoms. The minimum atomic E-state index is -0.105. The molecule has 1 amide bonds. The van der Waals surface area contributed by atoms with Crippen LogP contribution in [0.5, 0.6) is 0 Å². The van der Waals surface area contributed by atoms with E-state index in [1.807, 2.05) is 12.1 Å². The monoisotopic (exact) mass is 204 g/mol. The van der Waals surface area contributed by atoms with E-state index in [1.165, 1.54) is 0 Å². The van der Waals surface area contributed by atoms with Crippen molar-refractivity contribution in [2.75, 3.05) is 7.05 Å². The molecule has 15 heavy (non-hydrogen) atoms. The lowest BCUT2D eigenvalue weighted by Gasteiger charge is -1.98. The van der Waals surface area contributed by atoms with Crippen molar-refractivity contribution >= 4 is 12.0 Å². The maximum Gasteiger partial charge on any atom is 0.252 e. The third-order valence-corrected chi connectivity index (χ3v) is 2.02. The molecule has 1 N–H and O–H groups in total. The maximum atomic E-state index is 11.2. The van der Waals surface area contributed by atoms with E-state index in [4.69, 9.17) is 0 Å². The molecule has 80 valence electrons. The number of pyridine rings is 1. The minimum Gasteiger partial charge on any atom is -0.355 e. The van der Waals surface area contributed by atoms with Gasteiger partial charge in [0.1, 0.15) is 0 Å². The number of nitrogens with zero attached hydrogens (tertiary/aromatic N) is 1. The molecule has 0 saturated heterocycles. The van der Waals surface area contributed by atoms with Crippen LogP contribution in [-0.2, 0) is 0 Å². The van der Waals surface area contributed by atoms with Gasteiger partial charge in [-0.15, -0.1) is 0 Å². The van der Waals surface area contributed by atoms with Crippen LogP contribution >= 0.6 is 0 Å². The van der Waals surface area contributed by atoms with Crippen LogP contribution in [0.15, 0.2) is 24.4 Å². The van der Waals surface area contributed by atoms with E-state index in [0.717, 1.165) is 18.5 Å². The molecule has 0 radical (unpaired) electrons. The molecule has 0 bridgehead atoms. The molecule has 0 atom stereocenters. The summed E-state index contributed by atoms with van der Waals surface area (Å²) in [5.74, 6) is -0.105. The van der Waals surface area contributed by atoms with Crippen molar-refractivity contribution in [1.29, 1.82) is 0 Å². The maximum absolute atomic E-state index is 11.2. The number of hydrogen-bond acceptors (Lipinski definition) is 2. The highest BCUT2D eigenvalue weighted by Gasteiger charge is 2.01. The zero-order valence-corrected chi connectivity index (χ0v) is 9.16. The fourth-order valence-corrected chi connectivity index (χ4v) is 1.15. The second-order valence-corrected chi connectivity index (χ2v) is 3.24. The number of carbonyl (C=O) groups excluding carboxylic acids is 1. The number of aromatic nitrogens is 1. The van der Waals surface area contributed by atoms with Gasteiger partial charge in [0.15, 0.2) is 0 Å². The second kappa shape index (κ2) is 5.96. The van der Waals surface area contributed by atoms with Gasteiger partial charge in [-0.25, -0.2) is 0 Å². The molecular weight excluding hydrogens is 188 g/mol. The summed E-state index contributed by atoms with van der Waals surface area (Å²) in [7, 11) is 1.61. The summed E-state index contributed by atoms with van der Waals surface area (Å²) in [6.45, 7) is 2.13. The van der Waals surface area contributed by atoms with Crippen LogP contribution in [0.25, 0.3) is 6.08 Å². The molecule has 1 aromatic heterocycles. The topological polar surface area (TPSA) is 42.0 Å². The third kappa shape index (κ3) is 3.54. The molecule has 0 aliphatic heterocycles. The predicted octanol–water partition coefficient (Wildman–Crippen LogP) is 2.25. The second-order valence-electron chi connectivity index (χ2n) is 3.24. The largest absolute Gasteiger partial charge is 0.355 e. The summed E-state index contributed by atoms with van der Waals surface area (Å²) in [5.41, 5.74) is 1.47. The normalized spacial score (nSPS) is 10.5. The molecule has 0 unspecified atom stereocenters. The van der Waals surface area contributed by atoms with Crippen molar-refractivity contribution in [2.24, 2.45) is 0 Å². The fourth-order valence-electron chi connectivity index (χ4n) is 1.15. The average Bonchev–Trinajstić information content (AvgIpc) is 2.29. The molecule has 0 aromatic carbocycles. The zero-order valence-electron chi connectivity index (χ0n) is 9.16. The first-order chi connectivity index (χ1) is 7.27. The highest BCUT2D eigenvalue weighted by Crippen LogP contribution is 2.03. The fraction of sp³-hybridized carbons (Fsp3) is 0.333. The van der Waals surface area contributed by atoms with E-state index in [0.29, 0.717) is 5.56 Å². The summed E-state index contributed by atoms with van der Waals surface area (Å²) in [4.78, 5) is 15.4. The van der Waals surface area contributed by atoms with Crippen molar-refractivity contribution in [1.82, 2.24) is 10.3 Å². The Morgan fingerprint density at radius 2 is 2.33 bits per heavy atom. The summed E-state index contributed by atoms with van der Waals surface area (Å²) in [6, 6.07) is 3.62. The predicted molar refractivity (Wildman–Crippen MR) is 61.6 cm³/mol. The SMILES string of the molecule is CCC/C=C/c1ccc(C(=O)NC)cn1. The van der Waals surface area contributed by atoms with E-state index in [-0.39, 0.29) is 5.91 Å². The molecule has 1 heterocycles. The lowest BCUT2D eigenvalue weighted by molar-refractivity contribution is 0.0963. The van der Waals surface area contributed by atoms with Gasteiger partial charge < -0.3 is 5.32 Å². The van der Waals surface area contributed by atoms with Gasteiger partial charge in [0.2, 0.25) is 0 Å². The Bertz CT molecular complexity index is 341. The molecule has 3 nitrogen and oxygen atoms in total. The van der Waals surface area contributed by atoms with E-state index in [1.54, 1.807) is 19.3 Å². The third-order valence-electron chi connectivity index (χ3n) is 2.02. The van der Waals surface area contributed by atoms with Gasteiger partial charge in [-0.3, -0.25) is 9.78 Å². The van der Waals surface area contributed by atoms with Crippen LogP contribution in [0.3, 0.4) is 0 Å². The van der Waals surface area contributed by atoms with Gasteiger partial charge in [0.05, 0.1) is 11.3 Å². The first-order valence-corrected chi connectivity index (χ1v) is 5.12. The van der Waals surface area contributed by atoms with Gasteiger partial charge >= 0.3 is 0 Å². The lowest BCUT2D eigenvalue weighted by Crippen LogP contribution is -2.17. The van der Waals surface area contributed by atoms with Crippen LogP contribution in [0, 0.1) is 0 Å². The van der Waals surface area contributed by atoms with Gasteiger partial charge in [0, 0.05) is 13.2 Å². The summed E-state index contributed by atoms with van der Waals surface area (Å²) in [5, 5.41) is 2.56. The molecule has 0 aliphatic carbocycles. The molecule has 0 saturated carbocycles. The van der Waals surface area contributed by atoms with Crippen molar-refractivity contribution in [2.45, 2.75) is 19.8 Å². The van der Waals surface area contributed by atoms with Crippen LogP contribution in [-0.4, -0.2) is 17.9 Å². The summed E-state index contributed by atoms with van der Waals surface area (Å²) < 4.78 is 0. The Kier molecular flexibility index (Phi) is 4.54. The molecule has 0 fully saturated rings. The Morgan fingerprint density at radius 1 is 1.53 bits per heavy atom. The Hall–Kier alpha value is -1.64. The standard InChI is InChI=1S/C12H16N2O/c1-3-4-5-6-11-8-7-10(9-14-11)12(15)13-2/h5-9H,3-4H2,1-2H3,(H,13,15)/b6-5+. The molecule has 0 aliphatic rings. The molecule has 1 rings (SSSR count). The zero-order chi connectivity index (χ0) is 11.1. The number of nitrogens with one attached hydrogen (secondary N) is 1. The molecular formula is C12H16N2O.